The normalized spacial score (nSPS) is 34.6. The molecule has 0 unspecified atom stereocenters. The number of non-ortho nitro benzene ring substituents is 1. The predicted molar refractivity (Wildman–Crippen MR) is 283 cm³/mol. The van der Waals surface area contributed by atoms with Crippen LogP contribution in [0.25, 0.3) is 0 Å². The number of nitro groups is 1. The number of benzene rings is 1. The van der Waals surface area contributed by atoms with Crippen molar-refractivity contribution in [2.75, 3.05) is 27.9 Å². The third-order valence-corrected chi connectivity index (χ3v) is 15.9. The molecule has 5 rings (SSSR count). The van der Waals surface area contributed by atoms with Crippen LogP contribution in [0.4, 0.5) is 10.5 Å². The molecule has 2 N–H and O–H groups in total. The van der Waals surface area contributed by atoms with Crippen molar-refractivity contribution in [2.24, 2.45) is 35.5 Å². The van der Waals surface area contributed by atoms with E-state index in [9.17, 15) is 49.1 Å². The summed E-state index contributed by atoms with van der Waals surface area (Å²) in [5.41, 5.74) is 1.03. The molecular formula is C58H82N2O17. The van der Waals surface area contributed by atoms with E-state index >= 15 is 0 Å². The number of hydrogen-bond acceptors (Lipinski definition) is 17. The van der Waals surface area contributed by atoms with Gasteiger partial charge in [0.2, 0.25) is 5.79 Å². The number of ketones is 3. The Morgan fingerprint density at radius 1 is 0.870 bits per heavy atom. The molecule has 426 valence electrons. The van der Waals surface area contributed by atoms with E-state index in [0.29, 0.717) is 63.4 Å². The van der Waals surface area contributed by atoms with Gasteiger partial charge < -0.3 is 48.3 Å². The number of aliphatic hydroxyl groups is 2. The molecule has 3 heterocycles. The Balaban J connectivity index is 1.42. The van der Waals surface area contributed by atoms with E-state index in [1.165, 1.54) is 38.5 Å². The summed E-state index contributed by atoms with van der Waals surface area (Å²) in [4.78, 5) is 95.9. The van der Waals surface area contributed by atoms with E-state index in [1.54, 1.807) is 40.9 Å². The summed E-state index contributed by atoms with van der Waals surface area (Å²) < 4.78 is 40.6. The largest absolute Gasteiger partial charge is 0.514 e. The van der Waals surface area contributed by atoms with Crippen molar-refractivity contribution < 1.29 is 77.1 Å². The lowest BCUT2D eigenvalue weighted by molar-refractivity contribution is -0.384. The number of nitrogens with zero attached hydrogens (tertiary/aromatic N) is 2. The molecule has 1 amide bonds. The molecule has 4 aliphatic rings. The van der Waals surface area contributed by atoms with Crippen molar-refractivity contribution in [1.82, 2.24) is 4.90 Å². The van der Waals surface area contributed by atoms with Crippen molar-refractivity contribution in [3.63, 3.8) is 0 Å². The minimum absolute atomic E-state index is 0.0150. The lowest BCUT2D eigenvalue weighted by Crippen LogP contribution is -2.61. The zero-order valence-corrected chi connectivity index (χ0v) is 46.5. The molecule has 19 heteroatoms. The molecule has 3 fully saturated rings. The highest BCUT2D eigenvalue weighted by atomic mass is 16.7. The van der Waals surface area contributed by atoms with Gasteiger partial charge in [0.05, 0.1) is 23.2 Å². The fraction of sp³-hybridized carbons (Fsp3) is 0.655. The van der Waals surface area contributed by atoms with Gasteiger partial charge in [-0.25, -0.2) is 9.59 Å². The van der Waals surface area contributed by atoms with Gasteiger partial charge in [0.25, 0.3) is 17.4 Å². The summed E-state index contributed by atoms with van der Waals surface area (Å²) in [6.07, 6.45) is 8.42. The van der Waals surface area contributed by atoms with Crippen molar-refractivity contribution in [3.8, 4) is 5.75 Å². The highest BCUT2D eigenvalue weighted by Crippen LogP contribution is 2.38. The van der Waals surface area contributed by atoms with E-state index in [4.69, 9.17) is 33.2 Å². The SMILES string of the molecule is CO[C@H]1C[C@@H]2CC[C@@H](C)[C@@](O)(O2)C(=O)C(=O)N2CCCC[C@H]2C(=O)O[C@H]([C@H](C)C[C@@H]2CC[C@@H](OC(=O)Oc3ccc([N+](=O)[O-])cc3)[C@H](OC)C2)CC(=O)[C@H](C)/C=C(\C)[C@@H](O)[C@@H](OC)C(=O)[C@H](C)C[C@H](C)/C=C/C=CC=C1C. The average molecular weight is 1080 g/mol. The number of fused-ring (bicyclic) bond motifs is 3. The van der Waals surface area contributed by atoms with Crippen LogP contribution < -0.4 is 4.74 Å². The van der Waals surface area contributed by atoms with Crippen molar-refractivity contribution in [2.45, 2.75) is 180 Å². The van der Waals surface area contributed by atoms with E-state index in [2.05, 4.69) is 0 Å². The van der Waals surface area contributed by atoms with Gasteiger partial charge in [-0.15, -0.1) is 0 Å². The number of carbonyl (C=O) groups excluding carboxylic acids is 6. The number of carbonyl (C=O) groups is 6. The first kappa shape index (κ1) is 62.4. The number of aliphatic hydroxyl groups excluding tert-OH is 1. The van der Waals surface area contributed by atoms with Gasteiger partial charge in [-0.2, -0.15) is 0 Å². The zero-order valence-electron chi connectivity index (χ0n) is 46.5. The summed E-state index contributed by atoms with van der Waals surface area (Å²) in [5, 5.41) is 34.6. The Bertz CT molecular complexity index is 2350. The van der Waals surface area contributed by atoms with E-state index in [-0.39, 0.29) is 60.6 Å². The highest BCUT2D eigenvalue weighted by Gasteiger charge is 2.53. The molecular weight excluding hydrogens is 997 g/mol. The summed E-state index contributed by atoms with van der Waals surface area (Å²) >= 11 is 0. The first-order valence-corrected chi connectivity index (χ1v) is 27.1. The number of ether oxygens (including phenoxy) is 7. The zero-order chi connectivity index (χ0) is 56.7. The van der Waals surface area contributed by atoms with Crippen LogP contribution in [0, 0.1) is 45.6 Å². The first-order chi connectivity index (χ1) is 36.5. The summed E-state index contributed by atoms with van der Waals surface area (Å²) in [5.74, 6) is -8.71. The van der Waals surface area contributed by atoms with Crippen LogP contribution in [-0.2, 0) is 52.4 Å². The van der Waals surface area contributed by atoms with Gasteiger partial charge >= 0.3 is 12.1 Å². The maximum atomic E-state index is 14.6. The standard InChI is InChI=1S/C58H82N2O17/c1-34-16-12-11-13-17-35(2)48(71-8)32-44-23-19-40(7)58(68,77-44)54(64)55(65)59-27-15-14-18-45(59)56(66)75-49(33-46(61)36(3)29-39(6)52(63)53(73-10)51(62)38(5)28-34)37(4)30-41-20-26-47(50(31-41)72-9)76-57(67)74-43-24-21-42(22-25-43)60(69)70/h11-13,16-17,21-22,24-25,29,34,36-38,40-41,44-45,47-50,52-53,63,68H,14-15,18-20,23,26-28,30-33H2,1-10H3/b13-11?,16-12+,35-17?,39-29+/t34-,36-,37-,38-,40-,41+,44+,45+,47-,48+,49+,50-,52-,53+,58-/m1/s1. The van der Waals surface area contributed by atoms with Crippen LogP contribution in [0.15, 0.2) is 71.9 Å². The number of esters is 1. The smallest absolute Gasteiger partial charge is 0.460 e. The molecule has 0 aromatic heterocycles. The number of hydrogen-bond donors (Lipinski definition) is 2. The molecule has 0 radical (unpaired) electrons. The fourth-order valence-electron chi connectivity index (χ4n) is 11.1. The van der Waals surface area contributed by atoms with Gasteiger partial charge in [0.15, 0.2) is 5.78 Å². The molecule has 15 atom stereocenters. The summed E-state index contributed by atoms with van der Waals surface area (Å²) in [7, 11) is 4.41. The number of piperidine rings is 1. The van der Waals surface area contributed by atoms with Gasteiger partial charge in [0, 0.05) is 70.6 Å². The molecule has 1 aromatic rings. The lowest BCUT2D eigenvalue weighted by atomic mass is 9.78. The maximum absolute atomic E-state index is 14.6. The van der Waals surface area contributed by atoms with Crippen LogP contribution >= 0.6 is 0 Å². The van der Waals surface area contributed by atoms with Crippen LogP contribution in [-0.4, -0.2) is 138 Å². The van der Waals surface area contributed by atoms with Crippen LogP contribution in [0.3, 0.4) is 0 Å². The second-order valence-corrected chi connectivity index (χ2v) is 21.8. The second kappa shape index (κ2) is 29.0. The molecule has 1 aliphatic carbocycles. The number of Topliss-reactive ketones (excluding diaryl/α,β-unsaturated/α-hetero) is 3. The molecule has 1 aromatic carbocycles. The molecule has 2 bridgehead atoms. The Morgan fingerprint density at radius 3 is 2.25 bits per heavy atom. The molecule has 0 spiro atoms. The van der Waals surface area contributed by atoms with E-state index < -0.39 is 107 Å². The minimum atomic E-state index is -2.48. The molecule has 3 aliphatic heterocycles. The van der Waals surface area contributed by atoms with Crippen molar-refractivity contribution in [1.29, 1.82) is 0 Å². The average Bonchev–Trinajstić information content (AvgIpc) is 3.41. The Hall–Kier alpha value is -5.44. The number of allylic oxidation sites excluding steroid dienone is 6. The third kappa shape index (κ3) is 16.8. The Kier molecular flexibility index (Phi) is 23.5. The second-order valence-electron chi connectivity index (χ2n) is 21.8. The highest BCUT2D eigenvalue weighted by molar-refractivity contribution is 6.39. The number of rotatable bonds is 9. The molecule has 19 nitrogen and oxygen atoms in total. The molecule has 77 heavy (non-hydrogen) atoms. The number of nitro benzene ring substituents is 1. The van der Waals surface area contributed by atoms with Crippen LogP contribution in [0.5, 0.6) is 5.75 Å². The monoisotopic (exact) mass is 1080 g/mol. The van der Waals surface area contributed by atoms with Crippen molar-refractivity contribution in [3.05, 3.63) is 82.0 Å². The lowest BCUT2D eigenvalue weighted by Gasteiger charge is -2.42. The third-order valence-electron chi connectivity index (χ3n) is 15.9. The van der Waals surface area contributed by atoms with Crippen molar-refractivity contribution >= 4 is 41.1 Å². The summed E-state index contributed by atoms with van der Waals surface area (Å²) in [6.45, 7) is 12.5. The molecule has 2 saturated heterocycles. The first-order valence-electron chi connectivity index (χ1n) is 27.1. The summed E-state index contributed by atoms with van der Waals surface area (Å²) in [6, 6.07) is 3.77. The van der Waals surface area contributed by atoms with Gasteiger partial charge in [-0.3, -0.25) is 29.3 Å². The number of methoxy groups -OCH3 is 3. The van der Waals surface area contributed by atoms with Gasteiger partial charge in [-0.1, -0.05) is 71.1 Å². The van der Waals surface area contributed by atoms with E-state index in [0.717, 1.165) is 10.5 Å². The van der Waals surface area contributed by atoms with Crippen LogP contribution in [0.2, 0.25) is 0 Å². The van der Waals surface area contributed by atoms with Gasteiger partial charge in [-0.05, 0) is 119 Å². The minimum Gasteiger partial charge on any atom is -0.460 e. The predicted octanol–water partition coefficient (Wildman–Crippen LogP) is 8.31. The number of amides is 1. The Morgan fingerprint density at radius 2 is 1.58 bits per heavy atom. The number of cyclic esters (lactones) is 1. The van der Waals surface area contributed by atoms with E-state index in [1.807, 2.05) is 51.2 Å². The van der Waals surface area contributed by atoms with Crippen LogP contribution in [0.1, 0.15) is 126 Å². The van der Waals surface area contributed by atoms with Gasteiger partial charge in [0.1, 0.15) is 42.0 Å². The quantitative estimate of drug-likeness (QED) is 0.0589. The maximum Gasteiger partial charge on any atom is 0.514 e. The Labute approximate surface area is 452 Å². The topological polar surface area (TPSA) is 254 Å². The molecule has 1 saturated carbocycles. The fourth-order valence-corrected chi connectivity index (χ4v) is 11.1.